The van der Waals surface area contributed by atoms with Crippen LogP contribution < -0.4 is 10.9 Å². The van der Waals surface area contributed by atoms with E-state index in [4.69, 9.17) is 32.5 Å². The molecule has 0 atom stereocenters. The molecule has 0 radical (unpaired) electrons. The fraction of sp³-hybridized carbons (Fsp3) is 0.100. The molecule has 0 spiro atoms. The number of aryl methyl sites for hydroxylation is 2. The van der Waals surface area contributed by atoms with Crippen LogP contribution in [0.2, 0.25) is 10.0 Å². The number of rotatable bonds is 2. The minimum atomic E-state index is -2.24. The van der Waals surface area contributed by atoms with Crippen molar-refractivity contribution in [1.82, 2.24) is 4.98 Å². The zero-order chi connectivity index (χ0) is 19.2. The predicted molar refractivity (Wildman–Crippen MR) is 109 cm³/mol. The first-order chi connectivity index (χ1) is 12.9. The molecule has 27 heavy (non-hydrogen) atoms. The van der Waals surface area contributed by atoms with Crippen LogP contribution in [0.25, 0.3) is 0 Å². The fourth-order valence-electron chi connectivity index (χ4n) is 3.27. The van der Waals surface area contributed by atoms with E-state index in [9.17, 15) is 4.79 Å². The van der Waals surface area contributed by atoms with Crippen molar-refractivity contribution in [2.45, 2.75) is 13.8 Å². The molecule has 2 aromatic carbocycles. The standard InChI is InChI=1S/C20H16BCl2NO3/c1-12-5-7-14(10-16(12)22)21(15-8-6-13(2)17(23)11-15)26-18-4-3-9-24-19(18)20(25)27-21/h3-11,26H,1-2H3. The van der Waals surface area contributed by atoms with Crippen molar-refractivity contribution in [2.75, 3.05) is 0 Å². The maximum atomic E-state index is 12.8. The van der Waals surface area contributed by atoms with Gasteiger partial charge in [0, 0.05) is 22.3 Å². The SMILES string of the molecule is Cc1ccc([B-]2(c3ccc(C)c(Cl)c3)OC(=O)c3ncccc3[OH+]2)cc1Cl. The maximum Gasteiger partial charge on any atom is 0.576 e. The molecule has 0 fully saturated rings. The summed E-state index contributed by atoms with van der Waals surface area (Å²) in [5.41, 5.74) is 3.46. The van der Waals surface area contributed by atoms with E-state index in [0.717, 1.165) is 11.1 Å². The Bertz CT molecular complexity index is 1020. The normalized spacial score (nSPS) is 14.9. The van der Waals surface area contributed by atoms with E-state index in [2.05, 4.69) is 4.98 Å². The Hall–Kier alpha value is -2.50. The molecule has 1 aromatic heterocycles. The Balaban J connectivity index is 1.97. The molecule has 1 aliphatic heterocycles. The molecule has 0 aliphatic carbocycles. The molecule has 0 bridgehead atoms. The minimum Gasteiger partial charge on any atom is -0.788 e. The van der Waals surface area contributed by atoms with Gasteiger partial charge in [-0.2, -0.15) is 0 Å². The van der Waals surface area contributed by atoms with Gasteiger partial charge in [-0.3, -0.25) is 0 Å². The van der Waals surface area contributed by atoms with Crippen LogP contribution in [0.1, 0.15) is 21.6 Å². The van der Waals surface area contributed by atoms with Gasteiger partial charge in [0.15, 0.2) is 0 Å². The Morgan fingerprint density at radius 1 is 0.963 bits per heavy atom. The van der Waals surface area contributed by atoms with E-state index < -0.39 is 12.5 Å². The monoisotopic (exact) mass is 399 g/mol. The molecule has 0 unspecified atom stereocenters. The van der Waals surface area contributed by atoms with Crippen LogP contribution in [0.15, 0.2) is 54.7 Å². The summed E-state index contributed by atoms with van der Waals surface area (Å²) in [5, 5.41) is 1.16. The van der Waals surface area contributed by atoms with E-state index in [-0.39, 0.29) is 5.69 Å². The summed E-state index contributed by atoms with van der Waals surface area (Å²) in [4.78, 5) is 16.9. The number of benzene rings is 2. The van der Waals surface area contributed by atoms with E-state index in [0.29, 0.717) is 26.7 Å². The first-order valence-electron chi connectivity index (χ1n) is 8.49. The van der Waals surface area contributed by atoms with Gasteiger partial charge in [-0.25, -0.2) is 9.78 Å². The molecular formula is C20H16BCl2NO3. The lowest BCUT2D eigenvalue weighted by molar-refractivity contribution is 0.0556. The average molecular weight is 400 g/mol. The van der Waals surface area contributed by atoms with Crippen LogP contribution in [-0.2, 0) is 4.65 Å². The van der Waals surface area contributed by atoms with Gasteiger partial charge in [0.2, 0.25) is 11.4 Å². The quantitative estimate of drug-likeness (QED) is 0.488. The first kappa shape index (κ1) is 17.9. The Morgan fingerprint density at radius 2 is 1.56 bits per heavy atom. The molecule has 1 N–H and O–H groups in total. The lowest BCUT2D eigenvalue weighted by Crippen LogP contribution is -2.66. The van der Waals surface area contributed by atoms with E-state index in [1.54, 1.807) is 30.5 Å². The Morgan fingerprint density at radius 3 is 2.11 bits per heavy atom. The third-order valence-corrected chi connectivity index (χ3v) is 5.69. The second kappa shape index (κ2) is 6.59. The van der Waals surface area contributed by atoms with Crippen molar-refractivity contribution in [3.8, 4) is 5.75 Å². The molecule has 1 aliphatic rings. The van der Waals surface area contributed by atoms with Crippen molar-refractivity contribution in [3.63, 3.8) is 0 Å². The highest BCUT2D eigenvalue weighted by Gasteiger charge is 2.50. The highest BCUT2D eigenvalue weighted by molar-refractivity contribution is 6.93. The number of hydrogen-bond donors (Lipinski definition) is 0. The zero-order valence-electron chi connectivity index (χ0n) is 14.7. The molecule has 7 heteroatoms. The number of hydrogen-bond acceptors (Lipinski definition) is 3. The van der Waals surface area contributed by atoms with Gasteiger partial charge in [-0.1, -0.05) is 70.5 Å². The summed E-state index contributed by atoms with van der Waals surface area (Å²) in [6, 6.07) is 14.6. The molecule has 2 heterocycles. The zero-order valence-corrected chi connectivity index (χ0v) is 16.3. The van der Waals surface area contributed by atoms with E-state index >= 15 is 0 Å². The van der Waals surface area contributed by atoms with Crippen molar-refractivity contribution in [2.24, 2.45) is 0 Å². The highest BCUT2D eigenvalue weighted by atomic mass is 35.5. The van der Waals surface area contributed by atoms with E-state index in [1.165, 1.54) is 0 Å². The predicted octanol–water partition coefficient (Wildman–Crippen LogP) is 3.67. The van der Waals surface area contributed by atoms with Crippen LogP contribution >= 0.6 is 23.2 Å². The number of fused-ring (bicyclic) bond motifs is 1. The van der Waals surface area contributed by atoms with Crippen LogP contribution in [0.3, 0.4) is 0 Å². The molecular weight excluding hydrogens is 384 g/mol. The van der Waals surface area contributed by atoms with Crippen molar-refractivity contribution in [1.29, 1.82) is 0 Å². The van der Waals surface area contributed by atoms with Gasteiger partial charge >= 0.3 is 12.5 Å². The Labute approximate surface area is 167 Å². The summed E-state index contributed by atoms with van der Waals surface area (Å²) in [6.45, 7) is 1.58. The second-order valence-electron chi connectivity index (χ2n) is 6.67. The number of carbonyl (C=O) groups is 1. The van der Waals surface area contributed by atoms with E-state index in [1.807, 2.05) is 38.1 Å². The summed E-state index contributed by atoms with van der Waals surface area (Å²) < 4.78 is 10.8. The van der Waals surface area contributed by atoms with Crippen LogP contribution in [0.5, 0.6) is 5.75 Å². The van der Waals surface area contributed by atoms with Crippen LogP contribution in [-0.4, -0.2) is 22.2 Å². The largest absolute Gasteiger partial charge is 0.788 e. The number of carbonyl (C=O) groups excluding carboxylic acids is 1. The second-order valence-corrected chi connectivity index (χ2v) is 7.48. The molecule has 0 amide bonds. The number of aromatic nitrogens is 1. The van der Waals surface area contributed by atoms with Gasteiger partial charge in [0.05, 0.1) is 0 Å². The summed E-state index contributed by atoms with van der Waals surface area (Å²) in [7, 11) is 0. The van der Waals surface area contributed by atoms with Gasteiger partial charge in [-0.05, 0) is 31.0 Å². The number of pyridine rings is 1. The highest BCUT2D eigenvalue weighted by Crippen LogP contribution is 2.30. The number of aromatic hydroxyl groups is 1. The first-order valence-corrected chi connectivity index (χ1v) is 9.25. The third-order valence-electron chi connectivity index (χ3n) is 4.87. The average Bonchev–Trinajstić information content (AvgIpc) is 2.66. The third kappa shape index (κ3) is 2.97. The maximum absolute atomic E-state index is 12.8. The van der Waals surface area contributed by atoms with Crippen molar-refractivity contribution >= 4 is 46.6 Å². The van der Waals surface area contributed by atoms with Gasteiger partial charge in [0.25, 0.3) is 0 Å². The topological polar surface area (TPSA) is 52.0 Å². The smallest absolute Gasteiger partial charge is 0.576 e. The summed E-state index contributed by atoms with van der Waals surface area (Å²) in [6.07, 6.45) is 1.54. The van der Waals surface area contributed by atoms with Gasteiger partial charge in [0.1, 0.15) is 0 Å². The Kier molecular flexibility index (Phi) is 4.37. The lowest BCUT2D eigenvalue weighted by atomic mass is 9.45. The summed E-state index contributed by atoms with van der Waals surface area (Å²) >= 11 is 12.7. The number of nitrogens with zero attached hydrogens (tertiary/aromatic N) is 1. The van der Waals surface area contributed by atoms with Crippen LogP contribution in [0, 0.1) is 13.8 Å². The van der Waals surface area contributed by atoms with Crippen molar-refractivity contribution < 1.29 is 14.1 Å². The van der Waals surface area contributed by atoms with Crippen LogP contribution in [0.4, 0.5) is 0 Å². The molecule has 136 valence electrons. The molecule has 4 nitrogen and oxygen atoms in total. The minimum absolute atomic E-state index is 0.200. The summed E-state index contributed by atoms with van der Waals surface area (Å²) in [5.74, 6) is -0.0314. The lowest BCUT2D eigenvalue weighted by Gasteiger charge is -2.41. The molecule has 3 aromatic rings. The molecule has 4 rings (SSSR count). The molecule has 0 saturated heterocycles. The number of halogens is 2. The fourth-order valence-corrected chi connectivity index (χ4v) is 3.65. The van der Waals surface area contributed by atoms with Gasteiger partial charge in [-0.15, -0.1) is 0 Å². The molecule has 0 saturated carbocycles. The van der Waals surface area contributed by atoms with Crippen molar-refractivity contribution in [3.05, 3.63) is 81.6 Å². The van der Waals surface area contributed by atoms with Gasteiger partial charge < -0.3 is 9.31 Å².